The molecule has 1 atom stereocenters. The standard InChI is InChI=1S/C18H23NO/c1-4-15-9-11-16(12-10-15)18(20)13-19(3)17-8-6-5-7-14(17)2/h5-12,18,20H,4,13H2,1-3H3. The lowest BCUT2D eigenvalue weighted by molar-refractivity contribution is 0.185. The summed E-state index contributed by atoms with van der Waals surface area (Å²) >= 11 is 0. The zero-order valence-corrected chi connectivity index (χ0v) is 12.5. The van der Waals surface area contributed by atoms with Gasteiger partial charge in [-0.3, -0.25) is 0 Å². The van der Waals surface area contributed by atoms with Crippen molar-refractivity contribution in [2.75, 3.05) is 18.5 Å². The maximum absolute atomic E-state index is 10.4. The van der Waals surface area contributed by atoms with Crippen LogP contribution in [-0.4, -0.2) is 18.7 Å². The molecule has 106 valence electrons. The van der Waals surface area contributed by atoms with Crippen molar-refractivity contribution < 1.29 is 5.11 Å². The van der Waals surface area contributed by atoms with E-state index < -0.39 is 6.10 Å². The van der Waals surface area contributed by atoms with E-state index in [2.05, 4.69) is 43.0 Å². The Labute approximate surface area is 121 Å². The van der Waals surface area contributed by atoms with Crippen LogP contribution in [0, 0.1) is 6.92 Å². The summed E-state index contributed by atoms with van der Waals surface area (Å²) in [4.78, 5) is 2.10. The minimum absolute atomic E-state index is 0.467. The largest absolute Gasteiger partial charge is 0.387 e. The molecule has 0 bridgehead atoms. The van der Waals surface area contributed by atoms with Gasteiger partial charge in [-0.25, -0.2) is 0 Å². The summed E-state index contributed by atoms with van der Waals surface area (Å²) in [6.45, 7) is 4.82. The summed E-state index contributed by atoms with van der Waals surface area (Å²) in [5.41, 5.74) is 4.66. The number of aliphatic hydroxyl groups excluding tert-OH is 1. The summed E-state index contributed by atoms with van der Waals surface area (Å²) in [7, 11) is 2.02. The molecule has 0 amide bonds. The number of aryl methyl sites for hydroxylation is 2. The van der Waals surface area contributed by atoms with Gasteiger partial charge in [0, 0.05) is 19.3 Å². The normalized spacial score (nSPS) is 12.2. The first-order chi connectivity index (χ1) is 9.61. The molecule has 2 nitrogen and oxygen atoms in total. The van der Waals surface area contributed by atoms with Crippen LogP contribution in [0.1, 0.15) is 29.7 Å². The first-order valence-electron chi connectivity index (χ1n) is 7.15. The van der Waals surface area contributed by atoms with Crippen molar-refractivity contribution in [1.29, 1.82) is 0 Å². The fourth-order valence-electron chi connectivity index (χ4n) is 2.43. The number of hydrogen-bond acceptors (Lipinski definition) is 2. The second kappa shape index (κ2) is 6.58. The van der Waals surface area contributed by atoms with E-state index in [0.29, 0.717) is 6.54 Å². The van der Waals surface area contributed by atoms with E-state index in [9.17, 15) is 5.11 Å². The summed E-state index contributed by atoms with van der Waals surface area (Å²) in [6.07, 6.45) is 0.560. The molecule has 2 aromatic carbocycles. The fourth-order valence-corrected chi connectivity index (χ4v) is 2.43. The van der Waals surface area contributed by atoms with Crippen LogP contribution in [-0.2, 0) is 6.42 Å². The highest BCUT2D eigenvalue weighted by Crippen LogP contribution is 2.22. The molecule has 0 aliphatic carbocycles. The minimum Gasteiger partial charge on any atom is -0.387 e. The molecule has 0 aromatic heterocycles. The molecule has 0 radical (unpaired) electrons. The predicted molar refractivity (Wildman–Crippen MR) is 85.2 cm³/mol. The van der Waals surface area contributed by atoms with Gasteiger partial charge in [-0.2, -0.15) is 0 Å². The molecule has 1 N–H and O–H groups in total. The third-order valence-electron chi connectivity index (χ3n) is 3.75. The number of likely N-dealkylation sites (N-methyl/N-ethyl adjacent to an activating group) is 1. The monoisotopic (exact) mass is 269 g/mol. The lowest BCUT2D eigenvalue weighted by Crippen LogP contribution is -2.24. The van der Waals surface area contributed by atoms with E-state index in [-0.39, 0.29) is 0 Å². The molecule has 1 unspecified atom stereocenters. The van der Waals surface area contributed by atoms with Gasteiger partial charge >= 0.3 is 0 Å². The first kappa shape index (κ1) is 14.6. The number of nitrogens with zero attached hydrogens (tertiary/aromatic N) is 1. The van der Waals surface area contributed by atoms with E-state index in [1.807, 2.05) is 31.3 Å². The molecular formula is C18H23NO. The average Bonchev–Trinajstić information content (AvgIpc) is 2.47. The van der Waals surface area contributed by atoms with E-state index in [1.165, 1.54) is 11.1 Å². The third kappa shape index (κ3) is 3.40. The Kier molecular flexibility index (Phi) is 4.80. The van der Waals surface area contributed by atoms with Crippen LogP contribution in [0.5, 0.6) is 0 Å². The molecule has 2 aromatic rings. The van der Waals surface area contributed by atoms with Crippen molar-refractivity contribution in [3.63, 3.8) is 0 Å². The van der Waals surface area contributed by atoms with Gasteiger partial charge in [0.1, 0.15) is 0 Å². The number of rotatable bonds is 5. The molecule has 2 rings (SSSR count). The van der Waals surface area contributed by atoms with E-state index in [1.54, 1.807) is 0 Å². The van der Waals surface area contributed by atoms with Gasteiger partial charge in [-0.15, -0.1) is 0 Å². The zero-order valence-electron chi connectivity index (χ0n) is 12.5. The second-order valence-corrected chi connectivity index (χ2v) is 5.28. The molecule has 0 heterocycles. The Bertz CT molecular complexity index is 548. The first-order valence-corrected chi connectivity index (χ1v) is 7.15. The van der Waals surface area contributed by atoms with E-state index >= 15 is 0 Å². The predicted octanol–water partition coefficient (Wildman–Crippen LogP) is 3.73. The van der Waals surface area contributed by atoms with Gasteiger partial charge in [-0.05, 0) is 36.1 Å². The number of para-hydroxylation sites is 1. The summed E-state index contributed by atoms with van der Waals surface area (Å²) < 4.78 is 0. The van der Waals surface area contributed by atoms with Crippen molar-refractivity contribution in [3.05, 3.63) is 65.2 Å². The van der Waals surface area contributed by atoms with Crippen molar-refractivity contribution in [1.82, 2.24) is 0 Å². The van der Waals surface area contributed by atoms with Crippen LogP contribution in [0.3, 0.4) is 0 Å². The van der Waals surface area contributed by atoms with Gasteiger partial charge in [0.25, 0.3) is 0 Å². The molecule has 0 aliphatic heterocycles. The van der Waals surface area contributed by atoms with Crippen LogP contribution >= 0.6 is 0 Å². The zero-order chi connectivity index (χ0) is 14.5. The van der Waals surface area contributed by atoms with Crippen molar-refractivity contribution in [2.24, 2.45) is 0 Å². The van der Waals surface area contributed by atoms with Crippen molar-refractivity contribution >= 4 is 5.69 Å². The van der Waals surface area contributed by atoms with Crippen LogP contribution in [0.15, 0.2) is 48.5 Å². The molecule has 0 saturated carbocycles. The highest BCUT2D eigenvalue weighted by Gasteiger charge is 2.12. The molecule has 0 saturated heterocycles. The maximum atomic E-state index is 10.4. The van der Waals surface area contributed by atoms with Crippen LogP contribution in [0.25, 0.3) is 0 Å². The molecule has 20 heavy (non-hydrogen) atoms. The van der Waals surface area contributed by atoms with Crippen molar-refractivity contribution in [3.8, 4) is 0 Å². The lowest BCUT2D eigenvalue weighted by atomic mass is 10.0. The number of anilines is 1. The average molecular weight is 269 g/mol. The number of aliphatic hydroxyl groups is 1. The van der Waals surface area contributed by atoms with E-state index in [0.717, 1.165) is 17.7 Å². The van der Waals surface area contributed by atoms with Gasteiger partial charge in [0.15, 0.2) is 0 Å². The van der Waals surface area contributed by atoms with E-state index in [4.69, 9.17) is 0 Å². The number of benzene rings is 2. The summed E-state index contributed by atoms with van der Waals surface area (Å²) in [6, 6.07) is 16.5. The van der Waals surface area contributed by atoms with Crippen LogP contribution in [0.2, 0.25) is 0 Å². The third-order valence-corrected chi connectivity index (χ3v) is 3.75. The quantitative estimate of drug-likeness (QED) is 0.894. The fraction of sp³-hybridized carbons (Fsp3) is 0.333. The van der Waals surface area contributed by atoms with Crippen molar-refractivity contribution in [2.45, 2.75) is 26.4 Å². The molecule has 0 aliphatic rings. The Hall–Kier alpha value is -1.80. The van der Waals surface area contributed by atoms with Crippen LogP contribution in [0.4, 0.5) is 5.69 Å². The topological polar surface area (TPSA) is 23.5 Å². The summed E-state index contributed by atoms with van der Waals surface area (Å²) in [5.74, 6) is 0. The SMILES string of the molecule is CCc1ccc(C(O)CN(C)c2ccccc2C)cc1. The van der Waals surface area contributed by atoms with Gasteiger partial charge in [0.05, 0.1) is 6.10 Å². The summed E-state index contributed by atoms with van der Waals surface area (Å²) in [5, 5.41) is 10.4. The highest BCUT2D eigenvalue weighted by molar-refractivity contribution is 5.52. The smallest absolute Gasteiger partial charge is 0.0964 e. The molecule has 2 heteroatoms. The molecule has 0 fully saturated rings. The Morgan fingerprint density at radius 3 is 2.30 bits per heavy atom. The minimum atomic E-state index is -0.467. The highest BCUT2D eigenvalue weighted by atomic mass is 16.3. The second-order valence-electron chi connectivity index (χ2n) is 5.28. The molecular weight excluding hydrogens is 246 g/mol. The Morgan fingerprint density at radius 1 is 1.05 bits per heavy atom. The lowest BCUT2D eigenvalue weighted by Gasteiger charge is -2.24. The Morgan fingerprint density at radius 2 is 1.70 bits per heavy atom. The van der Waals surface area contributed by atoms with Gasteiger partial charge in [-0.1, -0.05) is 49.4 Å². The van der Waals surface area contributed by atoms with Crippen LogP contribution < -0.4 is 4.90 Å². The van der Waals surface area contributed by atoms with Gasteiger partial charge < -0.3 is 10.0 Å². The number of hydrogen-bond donors (Lipinski definition) is 1. The Balaban J connectivity index is 2.06. The maximum Gasteiger partial charge on any atom is 0.0964 e. The van der Waals surface area contributed by atoms with Gasteiger partial charge in [0.2, 0.25) is 0 Å². The molecule has 0 spiro atoms.